The molecule has 0 saturated heterocycles. The molecule has 1 spiro atoms. The van der Waals surface area contributed by atoms with Crippen molar-refractivity contribution in [3.8, 4) is 11.5 Å². The van der Waals surface area contributed by atoms with Crippen LogP contribution in [0.5, 0.6) is 11.5 Å². The summed E-state index contributed by atoms with van der Waals surface area (Å²) in [6.07, 6.45) is 5.37. The predicted octanol–water partition coefficient (Wildman–Crippen LogP) is 0.254. The van der Waals surface area contributed by atoms with Gasteiger partial charge in [0, 0.05) is 24.0 Å². The molecule has 2 aliphatic heterocycles. The van der Waals surface area contributed by atoms with Gasteiger partial charge in [-0.1, -0.05) is 18.7 Å². The molecule has 2 heterocycles. The highest BCUT2D eigenvalue weighted by atomic mass is 35.5. The number of nitrogens with zero attached hydrogens (tertiary/aromatic N) is 1. The Morgan fingerprint density at radius 3 is 2.89 bits per heavy atom. The van der Waals surface area contributed by atoms with E-state index in [9.17, 15) is 5.11 Å². The van der Waals surface area contributed by atoms with E-state index < -0.39 is 6.10 Å². The van der Waals surface area contributed by atoms with Gasteiger partial charge in [0.2, 0.25) is 0 Å². The standard InChI is InChI=1S/C22H30NO3.ClH/c1-14(2)12-23(4)9-8-22-7-6-16(24)11-19(22)26-21-18(25-5)10-15(3)17(13-23)20(21)22;/h6-7,10,16,19,24H,1,8-9,11-13H2,2-5H3;1H/q+1;/p-1/t16-,19?,22?,23?;/m0./s1. The molecule has 27 heavy (non-hydrogen) atoms. The SMILES string of the molecule is C=C(C)C[N+]1(C)CCC23C=C[C@H](O)CC2Oc2c(OC)cc(C)c(c23)C1.[Cl-]. The van der Waals surface area contributed by atoms with Crippen LogP contribution in [0.1, 0.15) is 36.5 Å². The van der Waals surface area contributed by atoms with E-state index in [2.05, 4.69) is 39.6 Å². The lowest BCUT2D eigenvalue weighted by atomic mass is 9.68. The lowest BCUT2D eigenvalue weighted by Gasteiger charge is -2.37. The smallest absolute Gasteiger partial charge is 0.166 e. The summed E-state index contributed by atoms with van der Waals surface area (Å²) in [5.74, 6) is 1.70. The summed E-state index contributed by atoms with van der Waals surface area (Å²) in [4.78, 5) is 0. The second-order valence-electron chi connectivity index (χ2n) is 8.75. The number of aliphatic hydroxyl groups excluding tert-OH is 1. The number of methoxy groups -OCH3 is 1. The molecule has 1 aromatic carbocycles. The van der Waals surface area contributed by atoms with Crippen molar-refractivity contribution >= 4 is 0 Å². The minimum absolute atomic E-state index is 0. The third kappa shape index (κ3) is 3.08. The number of hydrogen-bond donors (Lipinski definition) is 1. The summed E-state index contributed by atoms with van der Waals surface area (Å²) in [5, 5.41) is 10.2. The Balaban J connectivity index is 0.00000210. The molecule has 4 nitrogen and oxygen atoms in total. The Morgan fingerprint density at radius 1 is 1.48 bits per heavy atom. The highest BCUT2D eigenvalue weighted by Gasteiger charge is 2.55. The summed E-state index contributed by atoms with van der Waals surface area (Å²) in [6, 6.07) is 2.11. The molecule has 0 bridgehead atoms. The minimum atomic E-state index is -0.435. The van der Waals surface area contributed by atoms with Gasteiger partial charge in [-0.15, -0.1) is 0 Å². The van der Waals surface area contributed by atoms with Crippen molar-refractivity contribution in [3.63, 3.8) is 0 Å². The predicted molar refractivity (Wildman–Crippen MR) is 103 cm³/mol. The maximum atomic E-state index is 10.2. The number of rotatable bonds is 3. The van der Waals surface area contributed by atoms with Crippen LogP contribution in [0.15, 0.2) is 30.4 Å². The zero-order chi connectivity index (χ0) is 18.7. The van der Waals surface area contributed by atoms with Crippen LogP contribution in [0.25, 0.3) is 0 Å². The maximum absolute atomic E-state index is 10.2. The first-order chi connectivity index (χ1) is 12.3. The van der Waals surface area contributed by atoms with Gasteiger partial charge in [0.05, 0.1) is 38.8 Å². The molecule has 0 saturated carbocycles. The van der Waals surface area contributed by atoms with Crippen molar-refractivity contribution in [3.05, 3.63) is 47.1 Å². The average Bonchev–Trinajstić information content (AvgIpc) is 2.82. The van der Waals surface area contributed by atoms with Gasteiger partial charge in [-0.3, -0.25) is 0 Å². The van der Waals surface area contributed by atoms with Crippen molar-refractivity contribution in [2.75, 3.05) is 27.2 Å². The lowest BCUT2D eigenvalue weighted by molar-refractivity contribution is -0.918. The van der Waals surface area contributed by atoms with E-state index in [4.69, 9.17) is 9.47 Å². The highest BCUT2D eigenvalue weighted by Crippen LogP contribution is 2.57. The van der Waals surface area contributed by atoms with Gasteiger partial charge < -0.3 is 31.5 Å². The highest BCUT2D eigenvalue weighted by molar-refractivity contribution is 5.63. The van der Waals surface area contributed by atoms with Crippen LogP contribution in [0.2, 0.25) is 0 Å². The van der Waals surface area contributed by atoms with Crippen LogP contribution >= 0.6 is 0 Å². The number of halogens is 1. The molecule has 3 aliphatic rings. The molecule has 0 fully saturated rings. The summed E-state index contributed by atoms with van der Waals surface area (Å²) < 4.78 is 13.0. The van der Waals surface area contributed by atoms with E-state index in [1.54, 1.807) is 7.11 Å². The van der Waals surface area contributed by atoms with E-state index in [1.165, 1.54) is 22.3 Å². The number of aryl methyl sites for hydroxylation is 1. The van der Waals surface area contributed by atoms with Crippen LogP contribution in [0.4, 0.5) is 0 Å². The van der Waals surface area contributed by atoms with Gasteiger partial charge >= 0.3 is 0 Å². The van der Waals surface area contributed by atoms with Crippen molar-refractivity contribution in [2.24, 2.45) is 0 Å². The molecule has 0 aromatic heterocycles. The first-order valence-electron chi connectivity index (χ1n) is 9.51. The fourth-order valence-corrected chi connectivity index (χ4v) is 5.28. The van der Waals surface area contributed by atoms with E-state index in [-0.39, 0.29) is 23.9 Å². The second-order valence-corrected chi connectivity index (χ2v) is 8.75. The number of hydrogen-bond acceptors (Lipinski definition) is 3. The van der Waals surface area contributed by atoms with E-state index >= 15 is 0 Å². The molecule has 1 N–H and O–H groups in total. The van der Waals surface area contributed by atoms with Gasteiger partial charge in [0.1, 0.15) is 12.6 Å². The molecule has 5 heteroatoms. The molecule has 3 unspecified atom stereocenters. The van der Waals surface area contributed by atoms with E-state index in [0.29, 0.717) is 6.42 Å². The third-order valence-electron chi connectivity index (χ3n) is 6.42. The van der Waals surface area contributed by atoms with Crippen LogP contribution in [0.3, 0.4) is 0 Å². The molecule has 4 rings (SSSR count). The lowest BCUT2D eigenvalue weighted by Crippen LogP contribution is -3.00. The topological polar surface area (TPSA) is 38.7 Å². The molecule has 148 valence electrons. The van der Waals surface area contributed by atoms with Crippen LogP contribution < -0.4 is 21.9 Å². The molecule has 4 atom stereocenters. The van der Waals surface area contributed by atoms with Crippen LogP contribution in [-0.4, -0.2) is 49.0 Å². The average molecular weight is 392 g/mol. The van der Waals surface area contributed by atoms with Crippen molar-refractivity contribution in [2.45, 2.75) is 50.9 Å². The number of ether oxygens (including phenoxy) is 2. The zero-order valence-electron chi connectivity index (χ0n) is 16.7. The summed E-state index contributed by atoms with van der Waals surface area (Å²) in [5.41, 5.74) is 5.00. The Bertz CT molecular complexity index is 805. The maximum Gasteiger partial charge on any atom is 0.166 e. The van der Waals surface area contributed by atoms with Crippen molar-refractivity contribution in [1.82, 2.24) is 0 Å². The minimum Gasteiger partial charge on any atom is -1.00 e. The molecular weight excluding hydrogens is 362 g/mol. The molecular formula is C22H30ClNO3. The largest absolute Gasteiger partial charge is 1.00 e. The fourth-order valence-electron chi connectivity index (χ4n) is 5.28. The van der Waals surface area contributed by atoms with Crippen molar-refractivity contribution in [1.29, 1.82) is 0 Å². The zero-order valence-corrected chi connectivity index (χ0v) is 17.5. The molecule has 1 aromatic rings. The Labute approximate surface area is 168 Å². The number of quaternary nitrogens is 1. The first-order valence-corrected chi connectivity index (χ1v) is 9.51. The first kappa shape index (κ1) is 20.2. The van der Waals surface area contributed by atoms with Crippen LogP contribution in [0, 0.1) is 6.92 Å². The molecule has 0 radical (unpaired) electrons. The van der Waals surface area contributed by atoms with Gasteiger partial charge in [-0.25, -0.2) is 0 Å². The fraction of sp³-hybridized carbons (Fsp3) is 0.545. The van der Waals surface area contributed by atoms with Gasteiger partial charge in [-0.05, 0) is 31.1 Å². The molecule has 0 amide bonds. The normalized spacial score (nSPS) is 33.2. The number of benzene rings is 1. The summed E-state index contributed by atoms with van der Waals surface area (Å²) in [7, 11) is 4.04. The Morgan fingerprint density at radius 2 is 2.22 bits per heavy atom. The molecule has 1 aliphatic carbocycles. The summed E-state index contributed by atoms with van der Waals surface area (Å²) in [6.45, 7) is 11.5. The summed E-state index contributed by atoms with van der Waals surface area (Å²) >= 11 is 0. The number of aliphatic hydroxyl groups is 1. The quantitative estimate of drug-likeness (QED) is 0.593. The van der Waals surface area contributed by atoms with Gasteiger partial charge in [-0.2, -0.15) is 0 Å². The monoisotopic (exact) mass is 391 g/mol. The Kier molecular flexibility index (Phi) is 5.13. The van der Waals surface area contributed by atoms with Crippen molar-refractivity contribution < 1.29 is 31.5 Å². The van der Waals surface area contributed by atoms with E-state index in [1.807, 2.05) is 6.08 Å². The van der Waals surface area contributed by atoms with Crippen LogP contribution in [-0.2, 0) is 12.0 Å². The second kappa shape index (κ2) is 6.84. The Hall–Kier alpha value is -1.49. The third-order valence-corrected chi connectivity index (χ3v) is 6.42. The van der Waals surface area contributed by atoms with Gasteiger partial charge in [0.25, 0.3) is 0 Å². The van der Waals surface area contributed by atoms with E-state index in [0.717, 1.165) is 42.0 Å². The number of likely N-dealkylation sites (N-methyl/N-ethyl adjacent to an activating group) is 1. The van der Waals surface area contributed by atoms with Gasteiger partial charge in [0.15, 0.2) is 11.5 Å².